The van der Waals surface area contributed by atoms with Crippen LogP contribution in [0.2, 0.25) is 5.28 Å². The normalized spacial score (nSPS) is 10.4. The van der Waals surface area contributed by atoms with Crippen molar-refractivity contribution >= 4 is 34.7 Å². The molecule has 0 saturated carbocycles. The number of aromatic nitrogens is 3. The summed E-state index contributed by atoms with van der Waals surface area (Å²) >= 11 is 8.79. The van der Waals surface area contributed by atoms with Crippen LogP contribution in [0.5, 0.6) is 0 Å². The van der Waals surface area contributed by atoms with E-state index in [1.807, 2.05) is 12.3 Å². The molecule has 14 heavy (non-hydrogen) atoms. The second kappa shape index (κ2) is 4.25. The van der Waals surface area contributed by atoms with E-state index in [1.54, 1.807) is 23.7 Å². The molecule has 3 nitrogen and oxygen atoms in total. The molecule has 0 aliphatic heterocycles. The Morgan fingerprint density at radius 2 is 2.29 bits per heavy atom. The van der Waals surface area contributed by atoms with E-state index < -0.39 is 0 Å². The first-order valence-electron chi connectivity index (χ1n) is 3.82. The van der Waals surface area contributed by atoms with Crippen LogP contribution in [0, 0.1) is 6.92 Å². The van der Waals surface area contributed by atoms with Gasteiger partial charge in [-0.3, -0.25) is 0 Å². The smallest absolute Gasteiger partial charge is 0.223 e. The highest BCUT2D eigenvalue weighted by Crippen LogP contribution is 2.29. The van der Waals surface area contributed by atoms with Gasteiger partial charge in [-0.05, 0) is 30.3 Å². The van der Waals surface area contributed by atoms with Crippen molar-refractivity contribution in [2.24, 2.45) is 0 Å². The summed E-state index contributed by atoms with van der Waals surface area (Å²) < 4.78 is 0.961. The topological polar surface area (TPSA) is 38.7 Å². The Labute approximate surface area is 94.6 Å². The molecule has 2 rings (SSSR count). The Morgan fingerprint density at radius 3 is 3.00 bits per heavy atom. The summed E-state index contributed by atoms with van der Waals surface area (Å²) in [5, 5.41) is 3.06. The summed E-state index contributed by atoms with van der Waals surface area (Å²) in [6.45, 7) is 1.95. The fourth-order valence-electron chi connectivity index (χ4n) is 0.853. The van der Waals surface area contributed by atoms with Gasteiger partial charge in [0, 0.05) is 23.3 Å². The first-order valence-corrected chi connectivity index (χ1v) is 5.89. The Bertz CT molecular complexity index is 430. The van der Waals surface area contributed by atoms with E-state index in [0.29, 0.717) is 0 Å². The van der Waals surface area contributed by atoms with Crippen molar-refractivity contribution in [1.29, 1.82) is 0 Å². The molecule has 72 valence electrons. The van der Waals surface area contributed by atoms with Crippen molar-refractivity contribution in [2.75, 3.05) is 0 Å². The second-order valence-corrected chi connectivity index (χ2v) is 5.00. The van der Waals surface area contributed by atoms with Gasteiger partial charge in [0.1, 0.15) is 5.03 Å². The third kappa shape index (κ3) is 2.23. The summed E-state index contributed by atoms with van der Waals surface area (Å²) in [6.07, 6.45) is 3.48. The van der Waals surface area contributed by atoms with Crippen LogP contribution >= 0.6 is 34.7 Å². The maximum atomic E-state index is 5.70. The second-order valence-electron chi connectivity index (χ2n) is 2.53. The van der Waals surface area contributed by atoms with Gasteiger partial charge < -0.3 is 0 Å². The van der Waals surface area contributed by atoms with Gasteiger partial charge in [0.05, 0.1) is 0 Å². The maximum absolute atomic E-state index is 5.70. The SMILES string of the molecule is Cc1cnc(Cl)nc1Sc1nccs1. The molecule has 0 unspecified atom stereocenters. The Kier molecular flexibility index (Phi) is 3.00. The largest absolute Gasteiger partial charge is 0.238 e. The summed E-state index contributed by atoms with van der Waals surface area (Å²) in [6, 6.07) is 0. The molecule has 2 aromatic rings. The zero-order chi connectivity index (χ0) is 9.97. The van der Waals surface area contributed by atoms with Crippen LogP contribution in [-0.2, 0) is 0 Å². The summed E-state index contributed by atoms with van der Waals surface area (Å²) in [5.74, 6) is 0. The van der Waals surface area contributed by atoms with Gasteiger partial charge in [0.15, 0.2) is 4.34 Å². The maximum Gasteiger partial charge on any atom is 0.223 e. The predicted octanol–water partition coefficient (Wildman–Crippen LogP) is 3.05. The predicted molar refractivity (Wildman–Crippen MR) is 58.0 cm³/mol. The highest BCUT2D eigenvalue weighted by Gasteiger charge is 2.06. The Balaban J connectivity index is 2.28. The standard InChI is InChI=1S/C8H6ClN3S2/c1-5-4-11-7(9)12-6(5)14-8-10-2-3-13-8/h2-4H,1H3. The number of rotatable bonds is 2. The third-order valence-electron chi connectivity index (χ3n) is 1.49. The molecule has 0 aliphatic carbocycles. The number of hydrogen-bond donors (Lipinski definition) is 0. The molecule has 0 saturated heterocycles. The van der Waals surface area contributed by atoms with Gasteiger partial charge in [-0.25, -0.2) is 15.0 Å². The van der Waals surface area contributed by atoms with Crippen LogP contribution in [0.15, 0.2) is 27.1 Å². The summed E-state index contributed by atoms with van der Waals surface area (Å²) in [7, 11) is 0. The van der Waals surface area contributed by atoms with Gasteiger partial charge in [-0.2, -0.15) is 0 Å². The van der Waals surface area contributed by atoms with E-state index >= 15 is 0 Å². The van der Waals surface area contributed by atoms with Crippen molar-refractivity contribution in [2.45, 2.75) is 16.3 Å². The van der Waals surface area contributed by atoms with E-state index in [0.717, 1.165) is 14.9 Å². The van der Waals surface area contributed by atoms with Crippen molar-refractivity contribution in [3.8, 4) is 0 Å². The van der Waals surface area contributed by atoms with Crippen LogP contribution in [0.25, 0.3) is 0 Å². The first-order chi connectivity index (χ1) is 6.75. The van der Waals surface area contributed by atoms with Crippen LogP contribution in [-0.4, -0.2) is 15.0 Å². The minimum Gasteiger partial charge on any atom is -0.238 e. The fourth-order valence-corrected chi connectivity index (χ4v) is 2.62. The molecule has 6 heteroatoms. The van der Waals surface area contributed by atoms with E-state index in [2.05, 4.69) is 15.0 Å². The van der Waals surface area contributed by atoms with Gasteiger partial charge >= 0.3 is 0 Å². The highest BCUT2D eigenvalue weighted by atomic mass is 35.5. The molecule has 0 radical (unpaired) electrons. The lowest BCUT2D eigenvalue weighted by molar-refractivity contribution is 1.00. The highest BCUT2D eigenvalue weighted by molar-refractivity contribution is 8.01. The summed E-state index contributed by atoms with van der Waals surface area (Å²) in [5.41, 5.74) is 1.01. The Hall–Kier alpha value is -0.650. The first kappa shape index (κ1) is 9.89. The number of halogens is 1. The zero-order valence-corrected chi connectivity index (χ0v) is 9.66. The molecule has 0 amide bonds. The van der Waals surface area contributed by atoms with E-state index in [1.165, 1.54) is 11.8 Å². The summed E-state index contributed by atoms with van der Waals surface area (Å²) in [4.78, 5) is 12.2. The molecule has 2 aromatic heterocycles. The molecule has 0 fully saturated rings. The lowest BCUT2D eigenvalue weighted by Crippen LogP contribution is -1.88. The average Bonchev–Trinajstić information content (AvgIpc) is 2.64. The molecule has 0 spiro atoms. The van der Waals surface area contributed by atoms with Crippen LogP contribution in [0.1, 0.15) is 5.56 Å². The molecule has 0 bridgehead atoms. The third-order valence-corrected chi connectivity index (χ3v) is 3.66. The van der Waals surface area contributed by atoms with E-state index in [4.69, 9.17) is 11.6 Å². The van der Waals surface area contributed by atoms with Gasteiger partial charge in [-0.1, -0.05) is 0 Å². The van der Waals surface area contributed by atoms with Crippen molar-refractivity contribution in [3.05, 3.63) is 28.6 Å². The van der Waals surface area contributed by atoms with Crippen LogP contribution in [0.3, 0.4) is 0 Å². The molecule has 0 aliphatic rings. The monoisotopic (exact) mass is 243 g/mol. The van der Waals surface area contributed by atoms with Gasteiger partial charge in [0.2, 0.25) is 5.28 Å². The molecule has 0 aromatic carbocycles. The quantitative estimate of drug-likeness (QED) is 0.600. The molecule has 0 N–H and O–H groups in total. The van der Waals surface area contributed by atoms with Gasteiger partial charge in [0.25, 0.3) is 0 Å². The van der Waals surface area contributed by atoms with Gasteiger partial charge in [-0.15, -0.1) is 11.3 Å². The van der Waals surface area contributed by atoms with Crippen LogP contribution in [0.4, 0.5) is 0 Å². The molecular weight excluding hydrogens is 238 g/mol. The minimum absolute atomic E-state index is 0.273. The molecule has 0 atom stereocenters. The van der Waals surface area contributed by atoms with E-state index in [9.17, 15) is 0 Å². The number of aryl methyl sites for hydroxylation is 1. The number of hydrogen-bond acceptors (Lipinski definition) is 5. The van der Waals surface area contributed by atoms with Crippen molar-refractivity contribution in [3.63, 3.8) is 0 Å². The number of thiazole rings is 1. The van der Waals surface area contributed by atoms with Crippen molar-refractivity contribution in [1.82, 2.24) is 15.0 Å². The Morgan fingerprint density at radius 1 is 1.43 bits per heavy atom. The zero-order valence-electron chi connectivity index (χ0n) is 7.27. The van der Waals surface area contributed by atoms with E-state index in [-0.39, 0.29) is 5.28 Å². The van der Waals surface area contributed by atoms with Crippen molar-refractivity contribution < 1.29 is 0 Å². The van der Waals surface area contributed by atoms with Crippen LogP contribution < -0.4 is 0 Å². The lowest BCUT2D eigenvalue weighted by Gasteiger charge is -2.00. The number of nitrogens with zero attached hydrogens (tertiary/aromatic N) is 3. The lowest BCUT2D eigenvalue weighted by atomic mass is 10.4. The fraction of sp³-hybridized carbons (Fsp3) is 0.125. The minimum atomic E-state index is 0.273. The average molecular weight is 244 g/mol. The molecule has 2 heterocycles. The molecular formula is C8H6ClN3S2.